The Morgan fingerprint density at radius 2 is 2.12 bits per heavy atom. The SMILES string of the molecule is CCCc1cc(N2CCNCC2)nc(N)n1. The molecule has 0 atom stereocenters. The van der Waals surface area contributed by atoms with E-state index in [9.17, 15) is 0 Å². The van der Waals surface area contributed by atoms with Crippen LogP contribution in [0.4, 0.5) is 11.8 Å². The fourth-order valence-electron chi connectivity index (χ4n) is 1.94. The lowest BCUT2D eigenvalue weighted by Crippen LogP contribution is -2.44. The number of nitrogens with two attached hydrogens (primary N) is 1. The molecule has 16 heavy (non-hydrogen) atoms. The smallest absolute Gasteiger partial charge is 0.222 e. The highest BCUT2D eigenvalue weighted by Gasteiger charge is 2.13. The molecule has 0 unspecified atom stereocenters. The van der Waals surface area contributed by atoms with Crippen LogP contribution in [0.15, 0.2) is 6.07 Å². The van der Waals surface area contributed by atoms with Crippen LogP contribution >= 0.6 is 0 Å². The van der Waals surface area contributed by atoms with Crippen molar-refractivity contribution in [3.8, 4) is 0 Å². The Kier molecular flexibility index (Phi) is 3.56. The van der Waals surface area contributed by atoms with Crippen molar-refractivity contribution >= 4 is 11.8 Å². The zero-order chi connectivity index (χ0) is 11.4. The predicted octanol–water partition coefficient (Wildman–Crippen LogP) is 0.421. The van der Waals surface area contributed by atoms with Gasteiger partial charge in [0.1, 0.15) is 5.82 Å². The molecule has 0 bridgehead atoms. The molecule has 0 amide bonds. The molecule has 3 N–H and O–H groups in total. The number of hydrogen-bond donors (Lipinski definition) is 2. The third-order valence-corrected chi connectivity index (χ3v) is 2.73. The number of nitrogens with zero attached hydrogens (tertiary/aromatic N) is 3. The van der Waals surface area contributed by atoms with E-state index in [1.807, 2.05) is 0 Å². The van der Waals surface area contributed by atoms with Crippen LogP contribution in [0.1, 0.15) is 19.0 Å². The van der Waals surface area contributed by atoms with E-state index in [1.54, 1.807) is 0 Å². The summed E-state index contributed by atoms with van der Waals surface area (Å²) in [7, 11) is 0. The fraction of sp³-hybridized carbons (Fsp3) is 0.636. The van der Waals surface area contributed by atoms with E-state index in [4.69, 9.17) is 5.73 Å². The Hall–Kier alpha value is -1.36. The van der Waals surface area contributed by atoms with Crippen molar-refractivity contribution in [2.24, 2.45) is 0 Å². The molecule has 5 nitrogen and oxygen atoms in total. The summed E-state index contributed by atoms with van der Waals surface area (Å²) in [6.07, 6.45) is 2.04. The van der Waals surface area contributed by atoms with Crippen molar-refractivity contribution in [2.45, 2.75) is 19.8 Å². The summed E-state index contributed by atoms with van der Waals surface area (Å²) in [6, 6.07) is 2.06. The number of hydrogen-bond acceptors (Lipinski definition) is 5. The minimum absolute atomic E-state index is 0.388. The first-order valence-electron chi connectivity index (χ1n) is 5.88. The summed E-state index contributed by atoms with van der Waals surface area (Å²) in [5.41, 5.74) is 6.78. The molecular weight excluding hydrogens is 202 g/mol. The lowest BCUT2D eigenvalue weighted by Gasteiger charge is -2.28. The second-order valence-electron chi connectivity index (χ2n) is 4.06. The van der Waals surface area contributed by atoms with Crippen LogP contribution in [-0.4, -0.2) is 36.1 Å². The van der Waals surface area contributed by atoms with E-state index in [1.165, 1.54) is 0 Å². The summed E-state index contributed by atoms with van der Waals surface area (Å²) < 4.78 is 0. The van der Waals surface area contributed by atoms with Gasteiger partial charge < -0.3 is 16.0 Å². The van der Waals surface area contributed by atoms with E-state index in [0.717, 1.165) is 50.5 Å². The molecule has 0 saturated carbocycles. The first-order chi connectivity index (χ1) is 7.79. The molecular formula is C11H19N5. The Labute approximate surface area is 96.1 Å². The average molecular weight is 221 g/mol. The van der Waals surface area contributed by atoms with Crippen LogP contribution in [0.3, 0.4) is 0 Å². The van der Waals surface area contributed by atoms with Gasteiger partial charge in [-0.1, -0.05) is 13.3 Å². The maximum atomic E-state index is 5.73. The van der Waals surface area contributed by atoms with Gasteiger partial charge in [-0.2, -0.15) is 4.98 Å². The molecule has 1 fully saturated rings. The van der Waals surface area contributed by atoms with Gasteiger partial charge in [0, 0.05) is 37.9 Å². The van der Waals surface area contributed by atoms with Crippen LogP contribution in [0, 0.1) is 0 Å². The average Bonchev–Trinajstić information content (AvgIpc) is 2.30. The molecule has 0 aliphatic carbocycles. The number of aryl methyl sites for hydroxylation is 1. The molecule has 88 valence electrons. The standard InChI is InChI=1S/C11H19N5/c1-2-3-9-8-10(15-11(12)14-9)16-6-4-13-5-7-16/h8,13H,2-7H2,1H3,(H2,12,14,15). The van der Waals surface area contributed by atoms with E-state index >= 15 is 0 Å². The maximum Gasteiger partial charge on any atom is 0.222 e. The fourth-order valence-corrected chi connectivity index (χ4v) is 1.94. The second kappa shape index (κ2) is 5.12. The molecule has 1 aromatic heterocycles. The van der Waals surface area contributed by atoms with Gasteiger partial charge in [0.15, 0.2) is 0 Å². The Morgan fingerprint density at radius 1 is 1.38 bits per heavy atom. The van der Waals surface area contributed by atoms with Crippen molar-refractivity contribution < 1.29 is 0 Å². The highest BCUT2D eigenvalue weighted by molar-refractivity contribution is 5.44. The van der Waals surface area contributed by atoms with Crippen LogP contribution < -0.4 is 16.0 Å². The zero-order valence-corrected chi connectivity index (χ0v) is 9.74. The number of aromatic nitrogens is 2. The summed E-state index contributed by atoms with van der Waals surface area (Å²) in [5, 5.41) is 3.32. The molecule has 1 aliphatic heterocycles. The Bertz CT molecular complexity index is 346. The van der Waals surface area contributed by atoms with Gasteiger partial charge in [-0.3, -0.25) is 0 Å². The van der Waals surface area contributed by atoms with Gasteiger partial charge in [0.25, 0.3) is 0 Å². The predicted molar refractivity (Wildman–Crippen MR) is 65.5 cm³/mol. The molecule has 0 aromatic carbocycles. The lowest BCUT2D eigenvalue weighted by molar-refractivity contribution is 0.584. The quantitative estimate of drug-likeness (QED) is 0.774. The van der Waals surface area contributed by atoms with Gasteiger partial charge in [0.2, 0.25) is 5.95 Å². The number of anilines is 2. The van der Waals surface area contributed by atoms with Crippen LogP contribution in [0.2, 0.25) is 0 Å². The van der Waals surface area contributed by atoms with Gasteiger partial charge in [-0.05, 0) is 6.42 Å². The first-order valence-corrected chi connectivity index (χ1v) is 5.88. The third-order valence-electron chi connectivity index (χ3n) is 2.73. The first kappa shape index (κ1) is 11.1. The summed E-state index contributed by atoms with van der Waals surface area (Å²) in [5.74, 6) is 1.36. The van der Waals surface area contributed by atoms with Gasteiger partial charge in [-0.15, -0.1) is 0 Å². The van der Waals surface area contributed by atoms with E-state index in [0.29, 0.717) is 5.95 Å². The highest BCUT2D eigenvalue weighted by atomic mass is 15.2. The van der Waals surface area contributed by atoms with Crippen molar-refractivity contribution in [2.75, 3.05) is 36.8 Å². The van der Waals surface area contributed by atoms with Crippen LogP contribution in [0.5, 0.6) is 0 Å². The van der Waals surface area contributed by atoms with Crippen molar-refractivity contribution in [3.05, 3.63) is 11.8 Å². The topological polar surface area (TPSA) is 67.1 Å². The summed E-state index contributed by atoms with van der Waals surface area (Å²) in [6.45, 7) is 6.13. The minimum atomic E-state index is 0.388. The van der Waals surface area contributed by atoms with E-state index in [-0.39, 0.29) is 0 Å². The number of nitrogens with one attached hydrogen (secondary N) is 1. The second-order valence-corrected chi connectivity index (χ2v) is 4.06. The van der Waals surface area contributed by atoms with Crippen LogP contribution in [0.25, 0.3) is 0 Å². The van der Waals surface area contributed by atoms with Crippen molar-refractivity contribution in [1.82, 2.24) is 15.3 Å². The van der Waals surface area contributed by atoms with Gasteiger partial charge in [0.05, 0.1) is 0 Å². The molecule has 2 rings (SSSR count). The molecule has 1 aromatic rings. The Balaban J connectivity index is 2.18. The monoisotopic (exact) mass is 221 g/mol. The molecule has 0 radical (unpaired) electrons. The lowest BCUT2D eigenvalue weighted by atomic mass is 10.2. The van der Waals surface area contributed by atoms with E-state index in [2.05, 4.69) is 33.2 Å². The molecule has 1 saturated heterocycles. The van der Waals surface area contributed by atoms with Crippen LogP contribution in [-0.2, 0) is 6.42 Å². The number of piperazine rings is 1. The Morgan fingerprint density at radius 3 is 2.81 bits per heavy atom. The van der Waals surface area contributed by atoms with Crippen molar-refractivity contribution in [1.29, 1.82) is 0 Å². The minimum Gasteiger partial charge on any atom is -0.368 e. The van der Waals surface area contributed by atoms with E-state index < -0.39 is 0 Å². The summed E-state index contributed by atoms with van der Waals surface area (Å²) in [4.78, 5) is 10.8. The molecule has 2 heterocycles. The van der Waals surface area contributed by atoms with Crippen molar-refractivity contribution in [3.63, 3.8) is 0 Å². The summed E-state index contributed by atoms with van der Waals surface area (Å²) >= 11 is 0. The number of nitrogen functional groups attached to an aromatic ring is 1. The zero-order valence-electron chi connectivity index (χ0n) is 9.74. The molecule has 1 aliphatic rings. The molecule has 0 spiro atoms. The number of rotatable bonds is 3. The highest BCUT2D eigenvalue weighted by Crippen LogP contribution is 2.15. The third kappa shape index (κ3) is 2.61. The van der Waals surface area contributed by atoms with Gasteiger partial charge in [-0.25, -0.2) is 4.98 Å². The normalized spacial score (nSPS) is 16.4. The largest absolute Gasteiger partial charge is 0.368 e. The molecule has 5 heteroatoms. The van der Waals surface area contributed by atoms with Gasteiger partial charge >= 0.3 is 0 Å². The maximum absolute atomic E-state index is 5.73.